The summed E-state index contributed by atoms with van der Waals surface area (Å²) >= 11 is 6.46. The predicted molar refractivity (Wildman–Crippen MR) is 136 cm³/mol. The zero-order valence-electron chi connectivity index (χ0n) is 20.1. The summed E-state index contributed by atoms with van der Waals surface area (Å²) in [7, 11) is 1.54. The van der Waals surface area contributed by atoms with Gasteiger partial charge in [-0.1, -0.05) is 29.8 Å². The second-order valence-corrected chi connectivity index (χ2v) is 10.0. The molecule has 0 aliphatic carbocycles. The lowest BCUT2D eigenvalue weighted by molar-refractivity contribution is -0.131. The maximum Gasteiger partial charge on any atom is 0.332 e. The van der Waals surface area contributed by atoms with Crippen LogP contribution in [0.15, 0.2) is 33.9 Å². The van der Waals surface area contributed by atoms with Crippen LogP contribution in [0.3, 0.4) is 0 Å². The molecule has 11 nitrogen and oxygen atoms in total. The van der Waals surface area contributed by atoms with Crippen LogP contribution in [0.2, 0.25) is 5.02 Å². The van der Waals surface area contributed by atoms with Crippen molar-refractivity contribution in [2.75, 3.05) is 31.1 Å². The minimum atomic E-state index is -0.620. The van der Waals surface area contributed by atoms with Crippen LogP contribution in [0.1, 0.15) is 24.8 Å². The van der Waals surface area contributed by atoms with E-state index in [1.807, 2.05) is 23.1 Å². The normalized spacial score (nSPS) is 20.4. The number of anilines is 1. The molecule has 192 valence electrons. The summed E-state index contributed by atoms with van der Waals surface area (Å²) in [5, 5.41) is 10.3. The van der Waals surface area contributed by atoms with Crippen molar-refractivity contribution in [1.82, 2.24) is 23.6 Å². The Hall–Kier alpha value is -3.15. The third-order valence-electron chi connectivity index (χ3n) is 7.05. The number of benzene rings is 1. The molecule has 2 saturated heterocycles. The van der Waals surface area contributed by atoms with Crippen LogP contribution < -0.4 is 21.9 Å². The highest BCUT2D eigenvalue weighted by molar-refractivity contribution is 6.31. The Kier molecular flexibility index (Phi) is 6.62. The molecule has 36 heavy (non-hydrogen) atoms. The molecule has 2 aliphatic rings. The number of β-amino-alcohol motifs (C(OH)–C–C–N with tert-alkyl or cyclic N) is 1. The van der Waals surface area contributed by atoms with Crippen molar-refractivity contribution >= 4 is 34.6 Å². The second kappa shape index (κ2) is 9.72. The van der Waals surface area contributed by atoms with Gasteiger partial charge in [-0.05, 0) is 30.9 Å². The van der Waals surface area contributed by atoms with Crippen LogP contribution in [0.4, 0.5) is 5.95 Å². The molecule has 2 aromatic heterocycles. The summed E-state index contributed by atoms with van der Waals surface area (Å²) in [6.07, 6.45) is 1.67. The molecule has 3 aromatic rings. The van der Waals surface area contributed by atoms with Crippen LogP contribution >= 0.6 is 11.6 Å². The van der Waals surface area contributed by atoms with E-state index in [1.54, 1.807) is 17.7 Å². The van der Waals surface area contributed by atoms with Crippen molar-refractivity contribution < 1.29 is 9.90 Å². The number of likely N-dealkylation sites (tertiary alicyclic amines) is 1. The Morgan fingerprint density at radius 3 is 2.64 bits per heavy atom. The Balaban J connectivity index is 1.66. The summed E-state index contributed by atoms with van der Waals surface area (Å²) in [5.41, 5.74) is 6.28. The van der Waals surface area contributed by atoms with Gasteiger partial charge in [0.1, 0.15) is 6.54 Å². The maximum absolute atomic E-state index is 13.8. The van der Waals surface area contributed by atoms with Gasteiger partial charge in [-0.25, -0.2) is 9.36 Å². The Labute approximate surface area is 212 Å². The number of rotatable bonds is 5. The monoisotopic (exact) mass is 515 g/mol. The number of aromatic nitrogens is 4. The first-order valence-corrected chi connectivity index (χ1v) is 12.5. The molecule has 0 radical (unpaired) electrons. The summed E-state index contributed by atoms with van der Waals surface area (Å²) in [6.45, 7) is 1.73. The summed E-state index contributed by atoms with van der Waals surface area (Å²) in [4.78, 5) is 48.1. The average molecular weight is 516 g/mol. The fourth-order valence-corrected chi connectivity index (χ4v) is 5.28. The zero-order chi connectivity index (χ0) is 25.6. The number of hydrogen-bond donors (Lipinski definition) is 2. The number of nitrogens with zero attached hydrogens (tertiary/aromatic N) is 6. The molecular formula is C24H30ClN7O4. The van der Waals surface area contributed by atoms with Crippen LogP contribution in [-0.2, 0) is 24.9 Å². The van der Waals surface area contributed by atoms with Crippen molar-refractivity contribution in [2.24, 2.45) is 12.8 Å². The number of aryl methyl sites for hydroxylation is 1. The van der Waals surface area contributed by atoms with E-state index in [0.29, 0.717) is 30.5 Å². The molecule has 1 aromatic carbocycles. The van der Waals surface area contributed by atoms with E-state index >= 15 is 0 Å². The highest BCUT2D eigenvalue weighted by atomic mass is 35.5. The van der Waals surface area contributed by atoms with Crippen LogP contribution in [-0.4, -0.2) is 72.9 Å². The highest BCUT2D eigenvalue weighted by Gasteiger charge is 2.29. The number of imidazole rings is 1. The topological polar surface area (TPSA) is 132 Å². The van der Waals surface area contributed by atoms with Crippen LogP contribution in [0, 0.1) is 0 Å². The van der Waals surface area contributed by atoms with E-state index in [9.17, 15) is 19.5 Å². The van der Waals surface area contributed by atoms with Gasteiger partial charge in [0.25, 0.3) is 5.56 Å². The molecule has 5 rings (SSSR count). The van der Waals surface area contributed by atoms with Gasteiger partial charge < -0.3 is 20.6 Å². The summed E-state index contributed by atoms with van der Waals surface area (Å²) in [6, 6.07) is 7.33. The van der Waals surface area contributed by atoms with E-state index < -0.39 is 23.9 Å². The molecule has 4 heterocycles. The number of fused-ring (bicyclic) bond motifs is 1. The standard InChI is InChI=1S/C24H30ClN7O4/c1-28-21-20(22(35)32(24(28)36)14-19(34)29-10-8-17(33)13-29)31(11-15-5-2-3-7-18(15)25)23(27-21)30-9-4-6-16(26)12-30/h2-3,5,7,16-17,33H,4,6,8-14,26H2,1H3. The molecule has 2 aliphatic heterocycles. The Morgan fingerprint density at radius 2 is 1.94 bits per heavy atom. The number of amides is 1. The van der Waals surface area contributed by atoms with Gasteiger partial charge in [0.2, 0.25) is 11.9 Å². The summed E-state index contributed by atoms with van der Waals surface area (Å²) < 4.78 is 4.03. The predicted octanol–water partition coefficient (Wildman–Crippen LogP) is 0.119. The molecule has 12 heteroatoms. The number of piperidine rings is 1. The number of aliphatic hydroxyl groups excluding tert-OH is 1. The molecule has 3 N–H and O–H groups in total. The summed E-state index contributed by atoms with van der Waals surface area (Å²) in [5.74, 6) is 0.156. The minimum Gasteiger partial charge on any atom is -0.391 e. The number of halogens is 1. The van der Waals surface area contributed by atoms with E-state index in [1.165, 1.54) is 9.47 Å². The van der Waals surface area contributed by atoms with Crippen molar-refractivity contribution in [3.8, 4) is 0 Å². The molecule has 0 spiro atoms. The lowest BCUT2D eigenvalue weighted by Crippen LogP contribution is -2.44. The number of carbonyl (C=O) groups is 1. The van der Waals surface area contributed by atoms with Crippen molar-refractivity contribution in [1.29, 1.82) is 0 Å². The van der Waals surface area contributed by atoms with Gasteiger partial charge in [0.15, 0.2) is 11.2 Å². The van der Waals surface area contributed by atoms with Crippen molar-refractivity contribution in [3.05, 3.63) is 55.7 Å². The first kappa shape index (κ1) is 24.5. The first-order chi connectivity index (χ1) is 17.2. The van der Waals surface area contributed by atoms with Gasteiger partial charge in [0, 0.05) is 44.3 Å². The van der Waals surface area contributed by atoms with E-state index in [-0.39, 0.29) is 36.2 Å². The zero-order valence-corrected chi connectivity index (χ0v) is 20.9. The molecule has 2 atom stereocenters. The Morgan fingerprint density at radius 1 is 1.17 bits per heavy atom. The number of carbonyl (C=O) groups excluding carboxylic acids is 1. The van der Waals surface area contributed by atoms with Gasteiger partial charge in [-0.15, -0.1) is 0 Å². The fraction of sp³-hybridized carbons (Fsp3) is 0.500. The quantitative estimate of drug-likeness (QED) is 0.493. The maximum atomic E-state index is 13.8. The molecule has 0 saturated carbocycles. The molecule has 1 amide bonds. The van der Waals surface area contributed by atoms with Crippen molar-refractivity contribution in [2.45, 2.75) is 44.5 Å². The van der Waals surface area contributed by atoms with Gasteiger partial charge in [0.05, 0.1) is 12.6 Å². The Bertz CT molecular complexity index is 1430. The molecule has 2 unspecified atom stereocenters. The number of aliphatic hydroxyl groups is 1. The van der Waals surface area contributed by atoms with E-state index in [2.05, 4.69) is 0 Å². The third kappa shape index (κ3) is 4.42. The van der Waals surface area contributed by atoms with Gasteiger partial charge in [-0.3, -0.25) is 18.7 Å². The first-order valence-electron chi connectivity index (χ1n) is 12.1. The lowest BCUT2D eigenvalue weighted by atomic mass is 10.1. The number of nitrogens with two attached hydrogens (primary N) is 1. The fourth-order valence-electron chi connectivity index (χ4n) is 5.08. The highest BCUT2D eigenvalue weighted by Crippen LogP contribution is 2.26. The largest absolute Gasteiger partial charge is 0.391 e. The van der Waals surface area contributed by atoms with E-state index in [4.69, 9.17) is 22.3 Å². The van der Waals surface area contributed by atoms with E-state index in [0.717, 1.165) is 29.5 Å². The second-order valence-electron chi connectivity index (χ2n) is 9.63. The van der Waals surface area contributed by atoms with Crippen LogP contribution in [0.5, 0.6) is 0 Å². The number of hydrogen-bond acceptors (Lipinski definition) is 7. The average Bonchev–Trinajstić information content (AvgIpc) is 3.46. The van der Waals surface area contributed by atoms with Crippen molar-refractivity contribution in [3.63, 3.8) is 0 Å². The molecular weight excluding hydrogens is 486 g/mol. The lowest BCUT2D eigenvalue weighted by Gasteiger charge is -2.32. The molecule has 2 fully saturated rings. The van der Waals surface area contributed by atoms with Gasteiger partial charge in [-0.2, -0.15) is 4.98 Å². The SMILES string of the molecule is Cn1c(=O)n(CC(=O)N2CCC(O)C2)c(=O)c2c1nc(N1CCCC(N)C1)n2Cc1ccccc1Cl. The molecule has 0 bridgehead atoms. The van der Waals surface area contributed by atoms with Gasteiger partial charge >= 0.3 is 5.69 Å². The minimum absolute atomic E-state index is 0.0266. The van der Waals surface area contributed by atoms with Crippen LogP contribution in [0.25, 0.3) is 11.2 Å². The smallest absolute Gasteiger partial charge is 0.332 e. The third-order valence-corrected chi connectivity index (χ3v) is 7.42.